The van der Waals surface area contributed by atoms with E-state index in [0.717, 1.165) is 12.8 Å². The van der Waals surface area contributed by atoms with E-state index in [1.54, 1.807) is 6.08 Å². The molecule has 0 amide bonds. The molecular formula is C20H32O3. The predicted octanol–water partition coefficient (Wildman–Crippen LogP) is 6.10. The fourth-order valence-electron chi connectivity index (χ4n) is 2.02. The number of allylic oxidation sites excluding steroid dienone is 8. The van der Waals surface area contributed by atoms with Crippen LogP contribution in [0, 0.1) is 0 Å². The van der Waals surface area contributed by atoms with E-state index >= 15 is 0 Å². The molecule has 0 rings (SSSR count). The highest BCUT2D eigenvalue weighted by molar-refractivity contribution is 5.66. The maximum Gasteiger partial charge on any atom is 0.303 e. The summed E-state index contributed by atoms with van der Waals surface area (Å²) < 4.78 is 0. The second kappa shape index (κ2) is 16.6. The Hall–Kier alpha value is -1.77. The van der Waals surface area contributed by atoms with E-state index in [4.69, 9.17) is 5.11 Å². The SMILES string of the molecule is CCCCCCC=CC=CCC=CCC=C(O)CCCC(=O)O. The molecule has 0 saturated carbocycles. The molecule has 23 heavy (non-hydrogen) atoms. The molecule has 0 saturated heterocycles. The molecule has 3 heteroatoms. The lowest BCUT2D eigenvalue weighted by Gasteiger charge is -1.97. The van der Waals surface area contributed by atoms with Gasteiger partial charge in [0.2, 0.25) is 0 Å². The molecule has 0 bridgehead atoms. The van der Waals surface area contributed by atoms with Gasteiger partial charge in [-0.3, -0.25) is 4.79 Å². The summed E-state index contributed by atoms with van der Waals surface area (Å²) in [4.78, 5) is 10.3. The van der Waals surface area contributed by atoms with Crippen molar-refractivity contribution in [2.45, 2.75) is 71.1 Å². The molecule has 0 unspecified atom stereocenters. The average Bonchev–Trinajstić information content (AvgIpc) is 2.51. The first-order valence-electron chi connectivity index (χ1n) is 8.73. The zero-order chi connectivity index (χ0) is 17.2. The minimum Gasteiger partial charge on any atom is -0.513 e. The van der Waals surface area contributed by atoms with Crippen molar-refractivity contribution in [3.8, 4) is 0 Å². The Bertz CT molecular complexity index is 403. The second-order valence-electron chi connectivity index (χ2n) is 5.59. The summed E-state index contributed by atoms with van der Waals surface area (Å²) in [7, 11) is 0. The van der Waals surface area contributed by atoms with Crippen LogP contribution in [0.3, 0.4) is 0 Å². The van der Waals surface area contributed by atoms with Crippen LogP contribution in [0.15, 0.2) is 48.3 Å². The molecular weight excluding hydrogens is 288 g/mol. The predicted molar refractivity (Wildman–Crippen MR) is 97.6 cm³/mol. The molecule has 0 aromatic carbocycles. The number of hydrogen-bond acceptors (Lipinski definition) is 2. The van der Waals surface area contributed by atoms with E-state index in [1.807, 2.05) is 6.08 Å². The third-order valence-electron chi connectivity index (χ3n) is 3.36. The van der Waals surface area contributed by atoms with Crippen molar-refractivity contribution < 1.29 is 15.0 Å². The van der Waals surface area contributed by atoms with Gasteiger partial charge in [-0.1, -0.05) is 62.6 Å². The van der Waals surface area contributed by atoms with Gasteiger partial charge in [0.15, 0.2) is 0 Å². The Balaban J connectivity index is 3.60. The highest BCUT2D eigenvalue weighted by Gasteiger charge is 1.98. The van der Waals surface area contributed by atoms with Gasteiger partial charge in [0.25, 0.3) is 0 Å². The highest BCUT2D eigenvalue weighted by Crippen LogP contribution is 2.06. The smallest absolute Gasteiger partial charge is 0.303 e. The van der Waals surface area contributed by atoms with Crippen LogP contribution in [-0.4, -0.2) is 16.2 Å². The first-order valence-corrected chi connectivity index (χ1v) is 8.73. The number of carboxylic acids is 1. The van der Waals surface area contributed by atoms with Crippen LogP contribution in [0.5, 0.6) is 0 Å². The first kappa shape index (κ1) is 21.2. The van der Waals surface area contributed by atoms with Crippen LogP contribution in [0.2, 0.25) is 0 Å². The van der Waals surface area contributed by atoms with Crippen molar-refractivity contribution >= 4 is 5.97 Å². The third kappa shape index (κ3) is 18.2. The molecule has 0 aliphatic rings. The summed E-state index contributed by atoms with van der Waals surface area (Å²) in [6.45, 7) is 2.22. The maximum atomic E-state index is 10.3. The average molecular weight is 320 g/mol. The van der Waals surface area contributed by atoms with Gasteiger partial charge < -0.3 is 10.2 Å². The Labute approximate surface area is 141 Å². The summed E-state index contributed by atoms with van der Waals surface area (Å²) >= 11 is 0. The van der Waals surface area contributed by atoms with Crippen molar-refractivity contribution in [2.24, 2.45) is 0 Å². The number of carboxylic acid groups (broad SMARTS) is 1. The van der Waals surface area contributed by atoms with Crippen molar-refractivity contribution in [2.75, 3.05) is 0 Å². The van der Waals surface area contributed by atoms with E-state index in [0.29, 0.717) is 19.3 Å². The number of aliphatic carboxylic acids is 1. The van der Waals surface area contributed by atoms with E-state index < -0.39 is 5.97 Å². The topological polar surface area (TPSA) is 57.5 Å². The molecule has 2 N–H and O–H groups in total. The zero-order valence-corrected chi connectivity index (χ0v) is 14.4. The van der Waals surface area contributed by atoms with Gasteiger partial charge in [-0.05, 0) is 38.2 Å². The van der Waals surface area contributed by atoms with Gasteiger partial charge in [-0.2, -0.15) is 0 Å². The summed E-state index contributed by atoms with van der Waals surface area (Å²) in [6, 6.07) is 0. The number of aliphatic hydroxyl groups is 1. The molecule has 0 aromatic rings. The van der Waals surface area contributed by atoms with Crippen LogP contribution in [0.4, 0.5) is 0 Å². The van der Waals surface area contributed by atoms with Crippen molar-refractivity contribution in [1.82, 2.24) is 0 Å². The number of unbranched alkanes of at least 4 members (excludes halogenated alkanes) is 4. The monoisotopic (exact) mass is 320 g/mol. The minimum absolute atomic E-state index is 0.102. The molecule has 0 heterocycles. The lowest BCUT2D eigenvalue weighted by atomic mass is 10.1. The lowest BCUT2D eigenvalue weighted by Crippen LogP contribution is -1.94. The molecule has 0 spiro atoms. The first-order chi connectivity index (χ1) is 11.2. The van der Waals surface area contributed by atoms with Crippen LogP contribution < -0.4 is 0 Å². The standard InChI is InChI=1S/C20H32O3/c1-2-3-4-5-6-7-8-9-10-11-12-13-14-16-19(21)17-15-18-20(22)23/h7-10,12-13,16,21H,2-6,11,14-15,17-18H2,1H3,(H,22,23). The van der Waals surface area contributed by atoms with Crippen LogP contribution in [0.1, 0.15) is 71.1 Å². The third-order valence-corrected chi connectivity index (χ3v) is 3.36. The fourth-order valence-corrected chi connectivity index (χ4v) is 2.02. The van der Waals surface area contributed by atoms with Crippen molar-refractivity contribution in [3.05, 3.63) is 48.3 Å². The minimum atomic E-state index is -0.820. The molecule has 0 aliphatic heterocycles. The normalized spacial score (nSPS) is 12.8. The van der Waals surface area contributed by atoms with Crippen molar-refractivity contribution in [3.63, 3.8) is 0 Å². The van der Waals surface area contributed by atoms with Crippen LogP contribution in [0.25, 0.3) is 0 Å². The molecule has 0 fully saturated rings. The molecule has 0 atom stereocenters. The van der Waals surface area contributed by atoms with Crippen LogP contribution >= 0.6 is 0 Å². The van der Waals surface area contributed by atoms with Crippen LogP contribution in [-0.2, 0) is 4.79 Å². The Morgan fingerprint density at radius 1 is 0.826 bits per heavy atom. The van der Waals surface area contributed by atoms with Gasteiger partial charge in [0, 0.05) is 12.8 Å². The highest BCUT2D eigenvalue weighted by atomic mass is 16.4. The number of carbonyl (C=O) groups is 1. The largest absolute Gasteiger partial charge is 0.513 e. The van der Waals surface area contributed by atoms with Crippen molar-refractivity contribution in [1.29, 1.82) is 0 Å². The molecule has 3 nitrogen and oxygen atoms in total. The van der Waals surface area contributed by atoms with E-state index in [2.05, 4.69) is 37.3 Å². The number of rotatable bonds is 14. The lowest BCUT2D eigenvalue weighted by molar-refractivity contribution is -0.137. The summed E-state index contributed by atoms with van der Waals surface area (Å²) in [5.41, 5.74) is 0. The van der Waals surface area contributed by atoms with Gasteiger partial charge >= 0.3 is 5.97 Å². The molecule has 130 valence electrons. The number of hydrogen-bond donors (Lipinski definition) is 2. The summed E-state index contributed by atoms with van der Waals surface area (Å²) in [6.07, 6.45) is 23.3. The Morgan fingerprint density at radius 3 is 2.30 bits per heavy atom. The maximum absolute atomic E-state index is 10.3. The quantitative estimate of drug-likeness (QED) is 0.176. The second-order valence-corrected chi connectivity index (χ2v) is 5.59. The Morgan fingerprint density at radius 2 is 1.57 bits per heavy atom. The molecule has 0 aliphatic carbocycles. The fraction of sp³-hybridized carbons (Fsp3) is 0.550. The molecule has 0 aromatic heterocycles. The summed E-state index contributed by atoms with van der Waals surface area (Å²) in [5, 5.41) is 18.1. The summed E-state index contributed by atoms with van der Waals surface area (Å²) in [5.74, 6) is -0.544. The van der Waals surface area contributed by atoms with E-state index in [-0.39, 0.29) is 12.2 Å². The zero-order valence-electron chi connectivity index (χ0n) is 14.4. The van der Waals surface area contributed by atoms with Gasteiger partial charge in [-0.15, -0.1) is 0 Å². The molecule has 0 radical (unpaired) electrons. The Kier molecular flexibility index (Phi) is 15.3. The number of aliphatic hydroxyl groups excluding tert-OH is 1. The van der Waals surface area contributed by atoms with Gasteiger partial charge in [-0.25, -0.2) is 0 Å². The van der Waals surface area contributed by atoms with Gasteiger partial charge in [0.05, 0.1) is 5.76 Å². The van der Waals surface area contributed by atoms with Gasteiger partial charge in [0.1, 0.15) is 0 Å². The van der Waals surface area contributed by atoms with E-state index in [9.17, 15) is 9.90 Å². The van der Waals surface area contributed by atoms with E-state index in [1.165, 1.54) is 25.7 Å².